The fraction of sp³-hybridized carbons (Fsp3) is 0.357. The maximum atomic E-state index is 14.8. The number of rotatable bonds is 8. The molecule has 204 valence electrons. The molecule has 0 heterocycles. The fourth-order valence-corrected chi connectivity index (χ4v) is 5.22. The summed E-state index contributed by atoms with van der Waals surface area (Å²) in [6.07, 6.45) is -2.67. The molecule has 0 aromatic heterocycles. The van der Waals surface area contributed by atoms with Gasteiger partial charge in [0.05, 0.1) is 5.56 Å². The van der Waals surface area contributed by atoms with Crippen molar-refractivity contribution in [2.75, 3.05) is 0 Å². The first kappa shape index (κ1) is 28.5. The van der Waals surface area contributed by atoms with E-state index in [4.69, 9.17) is 4.74 Å². The molecular weight excluding hydrogens is 628 g/mol. The Labute approximate surface area is 229 Å². The zero-order valence-electron chi connectivity index (χ0n) is 20.0. The third kappa shape index (κ3) is 7.54. The molecule has 4 rings (SSSR count). The second kappa shape index (κ2) is 11.7. The second-order valence-corrected chi connectivity index (χ2v) is 11.1. The summed E-state index contributed by atoms with van der Waals surface area (Å²) >= 11 is 2.47. The molecule has 3 aromatic rings. The molecule has 0 bridgehead atoms. The van der Waals surface area contributed by atoms with Crippen molar-refractivity contribution in [3.63, 3.8) is 0 Å². The maximum absolute atomic E-state index is 14.8. The Morgan fingerprint density at radius 3 is 1.89 bits per heavy atom. The lowest BCUT2D eigenvalue weighted by atomic mass is 9.85. The predicted molar refractivity (Wildman–Crippen MR) is 138 cm³/mol. The topological polar surface area (TPSA) is 18.5 Å². The summed E-state index contributed by atoms with van der Waals surface area (Å²) in [6, 6.07) is 11.3. The van der Waals surface area contributed by atoms with Gasteiger partial charge in [-0.05, 0) is 97.5 Å². The Morgan fingerprint density at radius 1 is 0.711 bits per heavy atom. The third-order valence-corrected chi connectivity index (χ3v) is 7.81. The van der Waals surface area contributed by atoms with Gasteiger partial charge in [-0.1, -0.05) is 46.9 Å². The molecule has 2 nitrogen and oxygen atoms in total. The van der Waals surface area contributed by atoms with Crippen molar-refractivity contribution in [1.82, 2.24) is 0 Å². The maximum Gasteiger partial charge on any atom is 0.573 e. The average Bonchev–Trinajstić information content (AvgIpc) is 2.86. The Morgan fingerprint density at radius 2 is 1.29 bits per heavy atom. The lowest BCUT2D eigenvalue weighted by Gasteiger charge is -2.25. The van der Waals surface area contributed by atoms with Crippen LogP contribution in [-0.4, -0.2) is 10.3 Å². The van der Waals surface area contributed by atoms with Gasteiger partial charge in [-0.15, -0.1) is 13.2 Å². The standard InChI is InChI=1S/C28H24F7IO2/c29-23-15-18(2-1-17-3-11-22(36)12-4-17)5-13-25(23)37-27(31,32)21-9-6-19(7-10-21)20-8-14-26(24(30)16-20)38-28(33,34)35/h5-10,13-17,22H,1-4,11-12H2. The molecule has 3 aromatic carbocycles. The first-order valence-corrected chi connectivity index (χ1v) is 13.3. The quantitative estimate of drug-likeness (QED) is 0.137. The molecule has 0 N–H and O–H groups in total. The van der Waals surface area contributed by atoms with Crippen LogP contribution in [0.4, 0.5) is 30.7 Å². The lowest BCUT2D eigenvalue weighted by Crippen LogP contribution is -2.22. The van der Waals surface area contributed by atoms with E-state index in [-0.39, 0.29) is 11.1 Å². The van der Waals surface area contributed by atoms with Crippen molar-refractivity contribution in [3.8, 4) is 22.6 Å². The van der Waals surface area contributed by atoms with Gasteiger partial charge in [-0.25, -0.2) is 8.78 Å². The minimum atomic E-state index is -5.05. The van der Waals surface area contributed by atoms with Crippen LogP contribution in [0.25, 0.3) is 11.1 Å². The van der Waals surface area contributed by atoms with Crippen LogP contribution >= 0.6 is 22.6 Å². The number of halogens is 8. The fourth-order valence-electron chi connectivity index (χ4n) is 4.51. The van der Waals surface area contributed by atoms with Crippen molar-refractivity contribution in [2.24, 2.45) is 5.92 Å². The number of aryl methyl sites for hydroxylation is 1. The smallest absolute Gasteiger partial charge is 0.426 e. The molecule has 1 saturated carbocycles. The molecule has 10 heteroatoms. The molecule has 0 atom stereocenters. The van der Waals surface area contributed by atoms with Crippen LogP contribution in [0, 0.1) is 17.6 Å². The van der Waals surface area contributed by atoms with Crippen molar-refractivity contribution in [1.29, 1.82) is 0 Å². The number of ether oxygens (including phenoxy) is 2. The highest BCUT2D eigenvalue weighted by Gasteiger charge is 2.36. The third-order valence-electron chi connectivity index (χ3n) is 6.56. The van der Waals surface area contributed by atoms with Gasteiger partial charge in [-0.3, -0.25) is 0 Å². The number of benzene rings is 3. The summed E-state index contributed by atoms with van der Waals surface area (Å²) in [5.41, 5.74) is 0.562. The van der Waals surface area contributed by atoms with E-state index in [1.165, 1.54) is 43.2 Å². The molecule has 1 aliphatic rings. The minimum absolute atomic E-state index is 0.150. The van der Waals surface area contributed by atoms with Gasteiger partial charge in [0.25, 0.3) is 0 Å². The first-order valence-electron chi connectivity index (χ1n) is 12.0. The van der Waals surface area contributed by atoms with Gasteiger partial charge in [0.15, 0.2) is 23.1 Å². The summed E-state index contributed by atoms with van der Waals surface area (Å²) in [4.78, 5) is 0. The second-order valence-electron chi connectivity index (χ2n) is 9.31. The highest BCUT2D eigenvalue weighted by Crippen LogP contribution is 2.36. The SMILES string of the molecule is Fc1cc(-c2ccc(C(F)(F)Oc3ccc(CCC4CCC(I)CC4)cc3F)cc2)ccc1OC(F)(F)F. The van der Waals surface area contributed by atoms with E-state index < -0.39 is 41.2 Å². The van der Waals surface area contributed by atoms with E-state index in [9.17, 15) is 30.7 Å². The molecule has 0 unspecified atom stereocenters. The number of hydrogen-bond acceptors (Lipinski definition) is 2. The van der Waals surface area contributed by atoms with Crippen molar-refractivity contribution >= 4 is 22.6 Å². The minimum Gasteiger partial charge on any atom is -0.426 e. The van der Waals surface area contributed by atoms with Crippen LogP contribution < -0.4 is 9.47 Å². The van der Waals surface area contributed by atoms with E-state index in [0.717, 1.165) is 49.1 Å². The van der Waals surface area contributed by atoms with Crippen LogP contribution in [0.2, 0.25) is 0 Å². The Bertz CT molecular complexity index is 1240. The van der Waals surface area contributed by atoms with Gasteiger partial charge in [-0.2, -0.15) is 8.78 Å². The van der Waals surface area contributed by atoms with E-state index in [1.54, 1.807) is 6.07 Å². The molecule has 0 radical (unpaired) electrons. The monoisotopic (exact) mass is 652 g/mol. The molecule has 38 heavy (non-hydrogen) atoms. The Kier molecular flexibility index (Phi) is 8.78. The van der Waals surface area contributed by atoms with E-state index in [1.807, 2.05) is 0 Å². The van der Waals surface area contributed by atoms with E-state index in [2.05, 4.69) is 27.3 Å². The zero-order chi connectivity index (χ0) is 27.5. The highest BCUT2D eigenvalue weighted by atomic mass is 127. The first-order chi connectivity index (χ1) is 17.9. The van der Waals surface area contributed by atoms with Crippen LogP contribution in [-0.2, 0) is 12.5 Å². The van der Waals surface area contributed by atoms with E-state index >= 15 is 0 Å². The van der Waals surface area contributed by atoms with Gasteiger partial charge < -0.3 is 9.47 Å². The molecule has 0 aliphatic heterocycles. The predicted octanol–water partition coefficient (Wildman–Crippen LogP) is 9.59. The van der Waals surface area contributed by atoms with Crippen LogP contribution in [0.3, 0.4) is 0 Å². The van der Waals surface area contributed by atoms with Gasteiger partial charge in [0.2, 0.25) is 0 Å². The summed E-state index contributed by atoms with van der Waals surface area (Å²) in [5.74, 6) is -3.14. The summed E-state index contributed by atoms with van der Waals surface area (Å²) in [6.45, 7) is 0. The number of alkyl halides is 6. The summed E-state index contributed by atoms with van der Waals surface area (Å²) in [5, 5.41) is 0. The Balaban J connectivity index is 1.40. The molecule has 0 spiro atoms. The van der Waals surface area contributed by atoms with Gasteiger partial charge in [0, 0.05) is 3.92 Å². The zero-order valence-corrected chi connectivity index (χ0v) is 22.2. The highest BCUT2D eigenvalue weighted by molar-refractivity contribution is 14.1. The largest absolute Gasteiger partial charge is 0.573 e. The summed E-state index contributed by atoms with van der Waals surface area (Å²) < 4.78 is 104. The van der Waals surface area contributed by atoms with Crippen molar-refractivity contribution in [2.45, 2.75) is 54.9 Å². The van der Waals surface area contributed by atoms with E-state index in [0.29, 0.717) is 16.3 Å². The van der Waals surface area contributed by atoms with Crippen LogP contribution in [0.15, 0.2) is 60.7 Å². The molecule has 1 aliphatic carbocycles. The normalized spacial score (nSPS) is 18.3. The van der Waals surface area contributed by atoms with Gasteiger partial charge in [0.1, 0.15) is 0 Å². The van der Waals surface area contributed by atoms with Gasteiger partial charge >= 0.3 is 12.5 Å². The lowest BCUT2D eigenvalue weighted by molar-refractivity contribution is -0.275. The molecule has 0 saturated heterocycles. The average molecular weight is 652 g/mol. The van der Waals surface area contributed by atoms with Crippen molar-refractivity contribution < 1.29 is 40.2 Å². The molecule has 0 amide bonds. The molecular formula is C28H24F7IO2. The van der Waals surface area contributed by atoms with Crippen LogP contribution in [0.5, 0.6) is 11.5 Å². The summed E-state index contributed by atoms with van der Waals surface area (Å²) in [7, 11) is 0. The van der Waals surface area contributed by atoms with Crippen molar-refractivity contribution in [3.05, 3.63) is 83.4 Å². The van der Waals surface area contributed by atoms with Crippen LogP contribution in [0.1, 0.15) is 43.2 Å². The Hall–Kier alpha value is -2.50. The number of hydrogen-bond donors (Lipinski definition) is 0. The molecule has 1 fully saturated rings.